The molecule has 1 spiro atoms. The zero-order valence-electron chi connectivity index (χ0n) is 19.5. The summed E-state index contributed by atoms with van der Waals surface area (Å²) >= 11 is 0. The summed E-state index contributed by atoms with van der Waals surface area (Å²) in [6.45, 7) is 10.5. The Balaban J connectivity index is 1.63. The lowest BCUT2D eigenvalue weighted by Gasteiger charge is -2.64. The molecule has 0 saturated heterocycles. The summed E-state index contributed by atoms with van der Waals surface area (Å²) in [6, 6.07) is 0. The molecular weight excluding hydrogens is 392 g/mol. The fraction of sp³-hybridized carbons (Fsp3) is 0.769. The van der Waals surface area contributed by atoms with Crippen LogP contribution < -0.4 is 0 Å². The molecule has 4 saturated carbocycles. The van der Waals surface area contributed by atoms with Gasteiger partial charge in [-0.3, -0.25) is 9.59 Å². The fourth-order valence-corrected chi connectivity index (χ4v) is 8.34. The number of aliphatic hydroxyl groups excluding tert-OH is 1. The molecule has 2 bridgehead atoms. The molecule has 5 heteroatoms. The normalized spacial score (nSPS) is 44.3. The minimum absolute atomic E-state index is 0.0290. The van der Waals surface area contributed by atoms with Crippen LogP contribution in [0.2, 0.25) is 0 Å². The quantitative estimate of drug-likeness (QED) is 0.362. The Morgan fingerprint density at radius 2 is 1.97 bits per heavy atom. The number of aliphatic hydroxyl groups is 1. The number of rotatable bonds is 4. The van der Waals surface area contributed by atoms with Gasteiger partial charge < -0.3 is 14.6 Å². The van der Waals surface area contributed by atoms with E-state index in [0.29, 0.717) is 11.8 Å². The van der Waals surface area contributed by atoms with Gasteiger partial charge in [-0.05, 0) is 87.5 Å². The largest absolute Gasteiger partial charge is 0.513 e. The summed E-state index contributed by atoms with van der Waals surface area (Å²) in [5.74, 6) is 0.709. The van der Waals surface area contributed by atoms with Gasteiger partial charge in [-0.15, -0.1) is 0 Å². The third-order valence-corrected chi connectivity index (χ3v) is 9.59. The molecule has 0 amide bonds. The molecule has 0 unspecified atom stereocenters. The van der Waals surface area contributed by atoms with Crippen LogP contribution in [0.3, 0.4) is 0 Å². The Bertz CT molecular complexity index is 811. The number of carbonyl (C=O) groups is 2. The smallest absolute Gasteiger partial charge is 0.311 e. The minimum Gasteiger partial charge on any atom is -0.513 e. The lowest BCUT2D eigenvalue weighted by atomic mass is 9.41. The molecular formula is C26H38O5. The van der Waals surface area contributed by atoms with E-state index < -0.39 is 5.41 Å². The van der Waals surface area contributed by atoms with Gasteiger partial charge in [-0.1, -0.05) is 25.5 Å². The van der Waals surface area contributed by atoms with Gasteiger partial charge in [-0.2, -0.15) is 0 Å². The SMILES string of the molecule is C=C1C[C@@]23CC[C@H]4[C@@](C)(CCC[C@@]4(C)C(=O)OC)[C@H]2C[C@H](OC(=O)C/C=C(/C)O)[C@@H]1C3. The van der Waals surface area contributed by atoms with Crippen molar-refractivity contribution in [1.82, 2.24) is 0 Å². The van der Waals surface area contributed by atoms with E-state index in [1.807, 2.05) is 0 Å². The molecule has 0 aromatic carbocycles. The molecule has 0 aromatic heterocycles. The van der Waals surface area contributed by atoms with Crippen LogP contribution in [-0.2, 0) is 19.1 Å². The van der Waals surface area contributed by atoms with Crippen LogP contribution in [0.5, 0.6) is 0 Å². The predicted molar refractivity (Wildman–Crippen MR) is 118 cm³/mol. The highest BCUT2D eigenvalue weighted by Gasteiger charge is 2.67. The average molecular weight is 431 g/mol. The molecule has 0 heterocycles. The second-order valence-electron chi connectivity index (χ2n) is 11.2. The summed E-state index contributed by atoms with van der Waals surface area (Å²) < 4.78 is 11.3. The monoisotopic (exact) mass is 430 g/mol. The molecule has 1 N–H and O–H groups in total. The number of carbonyl (C=O) groups excluding carboxylic acids is 2. The maximum atomic E-state index is 12.9. The van der Waals surface area contributed by atoms with Crippen molar-refractivity contribution in [1.29, 1.82) is 0 Å². The first-order valence-corrected chi connectivity index (χ1v) is 11.9. The maximum absolute atomic E-state index is 12.9. The number of ether oxygens (including phenoxy) is 2. The highest BCUT2D eigenvalue weighted by molar-refractivity contribution is 5.77. The van der Waals surface area contributed by atoms with Crippen molar-refractivity contribution in [3.63, 3.8) is 0 Å². The first-order chi connectivity index (χ1) is 14.6. The number of hydrogen-bond donors (Lipinski definition) is 1. The average Bonchev–Trinajstić information content (AvgIpc) is 2.98. The molecule has 4 fully saturated rings. The highest BCUT2D eigenvalue weighted by Crippen LogP contribution is 2.72. The van der Waals surface area contributed by atoms with Gasteiger partial charge >= 0.3 is 11.9 Å². The van der Waals surface area contributed by atoms with Gasteiger partial charge in [0.1, 0.15) is 6.10 Å². The van der Waals surface area contributed by atoms with Crippen molar-refractivity contribution in [3.8, 4) is 0 Å². The van der Waals surface area contributed by atoms with Crippen molar-refractivity contribution in [2.24, 2.45) is 34.0 Å². The second-order valence-corrected chi connectivity index (χ2v) is 11.2. The lowest BCUT2D eigenvalue weighted by Crippen LogP contribution is -2.59. The van der Waals surface area contributed by atoms with Crippen molar-refractivity contribution < 1.29 is 24.2 Å². The second kappa shape index (κ2) is 7.67. The molecule has 4 aliphatic carbocycles. The van der Waals surface area contributed by atoms with Crippen LogP contribution in [0.1, 0.15) is 78.6 Å². The third kappa shape index (κ3) is 3.43. The van der Waals surface area contributed by atoms with Gasteiger partial charge in [0.15, 0.2) is 0 Å². The van der Waals surface area contributed by atoms with E-state index in [4.69, 9.17) is 9.47 Å². The van der Waals surface area contributed by atoms with Crippen LogP contribution in [0.4, 0.5) is 0 Å². The van der Waals surface area contributed by atoms with Gasteiger partial charge in [-0.25, -0.2) is 0 Å². The number of fused-ring (bicyclic) bond motifs is 3. The van der Waals surface area contributed by atoms with E-state index in [9.17, 15) is 14.7 Å². The molecule has 172 valence electrons. The Morgan fingerprint density at radius 3 is 2.65 bits per heavy atom. The summed E-state index contributed by atoms with van der Waals surface area (Å²) in [7, 11) is 1.51. The van der Waals surface area contributed by atoms with Gasteiger partial charge in [0.05, 0.1) is 24.7 Å². The highest BCUT2D eigenvalue weighted by atomic mass is 16.5. The molecule has 0 aliphatic heterocycles. The lowest BCUT2D eigenvalue weighted by molar-refractivity contribution is -0.193. The minimum atomic E-state index is -0.439. The van der Waals surface area contributed by atoms with Crippen LogP contribution in [0, 0.1) is 34.0 Å². The van der Waals surface area contributed by atoms with Crippen molar-refractivity contribution in [2.45, 2.75) is 84.7 Å². The summed E-state index contributed by atoms with van der Waals surface area (Å²) in [5.41, 5.74) is 1.04. The first-order valence-electron chi connectivity index (χ1n) is 11.9. The van der Waals surface area contributed by atoms with Crippen LogP contribution in [-0.4, -0.2) is 30.3 Å². The topological polar surface area (TPSA) is 72.8 Å². The van der Waals surface area contributed by atoms with Crippen LogP contribution in [0.25, 0.3) is 0 Å². The number of hydrogen-bond acceptors (Lipinski definition) is 5. The van der Waals surface area contributed by atoms with Crippen molar-refractivity contribution >= 4 is 11.9 Å². The van der Waals surface area contributed by atoms with Crippen LogP contribution >= 0.6 is 0 Å². The van der Waals surface area contributed by atoms with E-state index in [1.165, 1.54) is 18.8 Å². The van der Waals surface area contributed by atoms with Gasteiger partial charge in [0.25, 0.3) is 0 Å². The molecule has 0 aromatic rings. The molecule has 7 atom stereocenters. The van der Waals surface area contributed by atoms with E-state index in [2.05, 4.69) is 20.4 Å². The van der Waals surface area contributed by atoms with E-state index in [-0.39, 0.29) is 47.0 Å². The fourth-order valence-electron chi connectivity index (χ4n) is 8.34. The Morgan fingerprint density at radius 1 is 1.23 bits per heavy atom. The Labute approximate surface area is 186 Å². The number of allylic oxidation sites excluding steroid dienone is 1. The summed E-state index contributed by atoms with van der Waals surface area (Å²) in [5, 5.41) is 9.39. The number of methoxy groups -OCH3 is 1. The summed E-state index contributed by atoms with van der Waals surface area (Å²) in [4.78, 5) is 25.3. The molecule has 0 radical (unpaired) electrons. The van der Waals surface area contributed by atoms with Crippen LogP contribution in [0.15, 0.2) is 24.0 Å². The number of esters is 2. The Hall–Kier alpha value is -1.78. The van der Waals surface area contributed by atoms with E-state index >= 15 is 0 Å². The van der Waals surface area contributed by atoms with Crippen molar-refractivity contribution in [2.75, 3.05) is 7.11 Å². The predicted octanol–water partition coefficient (Wildman–Crippen LogP) is 5.50. The molecule has 4 rings (SSSR count). The molecule has 4 aliphatic rings. The molecule has 31 heavy (non-hydrogen) atoms. The van der Waals surface area contributed by atoms with Gasteiger partial charge in [0.2, 0.25) is 0 Å². The zero-order chi connectivity index (χ0) is 22.6. The van der Waals surface area contributed by atoms with Gasteiger partial charge in [0, 0.05) is 5.92 Å². The Kier molecular flexibility index (Phi) is 5.54. The standard InChI is InChI=1S/C26H38O5/c1-16-14-26-12-9-20-24(3,10-6-11-25(20,4)23(29)30-5)21(26)13-19(18(16)15-26)31-22(28)8-7-17(2)27/h7,18-21,27H,1,6,8-15H2,2-5H3/b17-7-/t18-,19+,20+,21-,24-,25-,26-/m1/s1. The first kappa shape index (κ1) is 22.4. The maximum Gasteiger partial charge on any atom is 0.311 e. The van der Waals surface area contributed by atoms with E-state index in [1.54, 1.807) is 6.92 Å². The van der Waals surface area contributed by atoms with E-state index in [0.717, 1.165) is 51.4 Å². The summed E-state index contributed by atoms with van der Waals surface area (Å²) in [6.07, 6.45) is 9.55. The molecule has 5 nitrogen and oxygen atoms in total. The van der Waals surface area contributed by atoms with Crippen molar-refractivity contribution in [3.05, 3.63) is 24.0 Å². The zero-order valence-corrected chi connectivity index (χ0v) is 19.5. The third-order valence-electron chi connectivity index (χ3n) is 9.59.